The highest BCUT2D eigenvalue weighted by atomic mass is 19.1. The molecule has 0 spiro atoms. The predicted molar refractivity (Wildman–Crippen MR) is 119 cm³/mol. The van der Waals surface area contributed by atoms with E-state index >= 15 is 0 Å². The SMILES string of the molecule is CCN1CCN(c2ccc(CNC(=O)c3nn(C)c4ccccc4c3=O)cc2F)CC1. The van der Waals surface area contributed by atoms with Gasteiger partial charge in [0.05, 0.1) is 11.2 Å². The number of nitrogens with zero attached hydrogens (tertiary/aromatic N) is 4. The Morgan fingerprint density at radius 2 is 1.87 bits per heavy atom. The van der Waals surface area contributed by atoms with Crippen LogP contribution in [-0.4, -0.2) is 53.3 Å². The fraction of sp³-hybridized carbons (Fsp3) is 0.348. The number of benzene rings is 2. The van der Waals surface area contributed by atoms with Crippen molar-refractivity contribution in [1.29, 1.82) is 0 Å². The molecule has 0 bridgehead atoms. The van der Waals surface area contributed by atoms with Crippen LogP contribution in [0.5, 0.6) is 0 Å². The Hall–Kier alpha value is -3.26. The lowest BCUT2D eigenvalue weighted by Gasteiger charge is -2.35. The number of carbonyl (C=O) groups is 1. The summed E-state index contributed by atoms with van der Waals surface area (Å²) in [6.45, 7) is 6.66. The average Bonchev–Trinajstić information content (AvgIpc) is 2.80. The third-order valence-electron chi connectivity index (χ3n) is 5.80. The molecule has 1 fully saturated rings. The van der Waals surface area contributed by atoms with Crippen molar-refractivity contribution in [2.24, 2.45) is 7.05 Å². The first-order valence-corrected chi connectivity index (χ1v) is 10.5. The van der Waals surface area contributed by atoms with Gasteiger partial charge in [-0.15, -0.1) is 0 Å². The van der Waals surface area contributed by atoms with Crippen molar-refractivity contribution >= 4 is 22.5 Å². The van der Waals surface area contributed by atoms with E-state index in [-0.39, 0.29) is 18.1 Å². The quantitative estimate of drug-likeness (QED) is 0.681. The number of piperazine rings is 1. The first-order valence-electron chi connectivity index (χ1n) is 10.5. The second-order valence-electron chi connectivity index (χ2n) is 7.71. The summed E-state index contributed by atoms with van der Waals surface area (Å²) in [5.41, 5.74) is 1.27. The van der Waals surface area contributed by atoms with Crippen molar-refractivity contribution in [1.82, 2.24) is 20.0 Å². The molecule has 0 saturated carbocycles. The number of halogens is 1. The second kappa shape index (κ2) is 8.85. The normalized spacial score (nSPS) is 14.7. The molecule has 2 heterocycles. The Morgan fingerprint density at radius 3 is 2.58 bits per heavy atom. The molecule has 8 heteroatoms. The van der Waals surface area contributed by atoms with Gasteiger partial charge in [-0.1, -0.05) is 25.1 Å². The maximum atomic E-state index is 14.7. The molecule has 1 aliphatic rings. The molecule has 3 aromatic rings. The summed E-state index contributed by atoms with van der Waals surface area (Å²) >= 11 is 0. The molecule has 0 aliphatic carbocycles. The summed E-state index contributed by atoms with van der Waals surface area (Å²) in [7, 11) is 1.69. The Bertz CT molecular complexity index is 1170. The second-order valence-corrected chi connectivity index (χ2v) is 7.71. The molecule has 162 valence electrons. The molecular formula is C23H26FN5O2. The molecule has 0 radical (unpaired) electrons. The smallest absolute Gasteiger partial charge is 0.276 e. The summed E-state index contributed by atoms with van der Waals surface area (Å²) in [6.07, 6.45) is 0. The Labute approximate surface area is 180 Å². The topological polar surface area (TPSA) is 70.5 Å². The van der Waals surface area contributed by atoms with Crippen LogP contribution in [0.25, 0.3) is 10.9 Å². The van der Waals surface area contributed by atoms with Gasteiger partial charge in [-0.2, -0.15) is 5.10 Å². The van der Waals surface area contributed by atoms with Crippen molar-refractivity contribution < 1.29 is 9.18 Å². The van der Waals surface area contributed by atoms with Crippen LogP contribution >= 0.6 is 0 Å². The van der Waals surface area contributed by atoms with Crippen LogP contribution < -0.4 is 15.6 Å². The molecule has 31 heavy (non-hydrogen) atoms. The molecule has 0 atom stereocenters. The standard InChI is InChI=1S/C23H26FN5O2/c1-3-28-10-12-29(13-11-28)20-9-8-16(14-18(20)24)15-25-23(31)21-22(30)17-6-4-5-7-19(17)27(2)26-21/h4-9,14H,3,10-13,15H2,1-2H3,(H,25,31). The molecule has 1 amide bonds. The zero-order chi connectivity index (χ0) is 22.0. The molecule has 2 aromatic carbocycles. The van der Waals surface area contributed by atoms with Crippen molar-refractivity contribution in [2.75, 3.05) is 37.6 Å². The minimum absolute atomic E-state index is 0.108. The number of amides is 1. The van der Waals surface area contributed by atoms with E-state index in [1.54, 1.807) is 37.4 Å². The van der Waals surface area contributed by atoms with Gasteiger partial charge in [0.25, 0.3) is 5.91 Å². The third-order valence-corrected chi connectivity index (χ3v) is 5.80. The summed E-state index contributed by atoms with van der Waals surface area (Å²) < 4.78 is 16.2. The summed E-state index contributed by atoms with van der Waals surface area (Å²) in [5.74, 6) is -0.886. The van der Waals surface area contributed by atoms with E-state index in [9.17, 15) is 14.0 Å². The highest BCUT2D eigenvalue weighted by Gasteiger charge is 2.19. The van der Waals surface area contributed by atoms with Gasteiger partial charge in [-0.25, -0.2) is 4.39 Å². The number of likely N-dealkylation sites (N-methyl/N-ethyl adjacent to an activating group) is 1. The van der Waals surface area contributed by atoms with Gasteiger partial charge in [-0.3, -0.25) is 14.3 Å². The fourth-order valence-electron chi connectivity index (χ4n) is 3.96. The lowest BCUT2D eigenvalue weighted by Crippen LogP contribution is -2.46. The van der Waals surface area contributed by atoms with Gasteiger partial charge in [0.15, 0.2) is 5.69 Å². The number of para-hydroxylation sites is 1. The van der Waals surface area contributed by atoms with Gasteiger partial charge in [0.1, 0.15) is 5.82 Å². The largest absolute Gasteiger partial charge is 0.367 e. The number of hydrogen-bond acceptors (Lipinski definition) is 5. The van der Waals surface area contributed by atoms with E-state index in [2.05, 4.69) is 22.2 Å². The molecule has 7 nitrogen and oxygen atoms in total. The highest BCUT2D eigenvalue weighted by Crippen LogP contribution is 2.22. The molecule has 4 rings (SSSR count). The van der Waals surface area contributed by atoms with E-state index in [4.69, 9.17) is 0 Å². The monoisotopic (exact) mass is 423 g/mol. The highest BCUT2D eigenvalue weighted by molar-refractivity contribution is 5.95. The zero-order valence-corrected chi connectivity index (χ0v) is 17.8. The molecule has 1 N–H and O–H groups in total. The Kier molecular flexibility index (Phi) is 5.99. The fourth-order valence-corrected chi connectivity index (χ4v) is 3.96. The minimum Gasteiger partial charge on any atom is -0.367 e. The first-order chi connectivity index (χ1) is 15.0. The summed E-state index contributed by atoms with van der Waals surface area (Å²) in [4.78, 5) is 29.6. The van der Waals surface area contributed by atoms with Crippen molar-refractivity contribution in [2.45, 2.75) is 13.5 Å². The summed E-state index contributed by atoms with van der Waals surface area (Å²) in [6, 6.07) is 12.0. The lowest BCUT2D eigenvalue weighted by molar-refractivity contribution is 0.0943. The Balaban J connectivity index is 1.46. The third kappa shape index (κ3) is 4.29. The van der Waals surface area contributed by atoms with E-state index in [1.165, 1.54) is 10.7 Å². The number of hydrogen-bond donors (Lipinski definition) is 1. The first kappa shape index (κ1) is 21.0. The van der Waals surface area contributed by atoms with Crippen LogP contribution in [0.2, 0.25) is 0 Å². The van der Waals surface area contributed by atoms with Gasteiger partial charge in [0, 0.05) is 45.2 Å². The molecule has 1 aliphatic heterocycles. The van der Waals surface area contributed by atoms with E-state index in [0.717, 1.165) is 32.7 Å². The predicted octanol–water partition coefficient (Wildman–Crippen LogP) is 2.14. The maximum absolute atomic E-state index is 14.7. The van der Waals surface area contributed by atoms with Crippen LogP contribution in [0.3, 0.4) is 0 Å². The lowest BCUT2D eigenvalue weighted by atomic mass is 10.1. The number of rotatable bonds is 5. The average molecular weight is 423 g/mol. The van der Waals surface area contributed by atoms with Crippen LogP contribution in [-0.2, 0) is 13.6 Å². The van der Waals surface area contributed by atoms with Crippen molar-refractivity contribution in [3.05, 3.63) is 69.8 Å². The number of fused-ring (bicyclic) bond motifs is 1. The van der Waals surface area contributed by atoms with Gasteiger partial charge < -0.3 is 15.1 Å². The number of aromatic nitrogens is 2. The maximum Gasteiger partial charge on any atom is 0.276 e. The Morgan fingerprint density at radius 1 is 1.13 bits per heavy atom. The molecule has 1 aromatic heterocycles. The number of anilines is 1. The zero-order valence-electron chi connectivity index (χ0n) is 17.8. The van der Waals surface area contributed by atoms with Crippen LogP contribution in [0, 0.1) is 5.82 Å². The summed E-state index contributed by atoms with van der Waals surface area (Å²) in [5, 5.41) is 7.25. The van der Waals surface area contributed by atoms with Crippen molar-refractivity contribution in [3.8, 4) is 0 Å². The van der Waals surface area contributed by atoms with Crippen LogP contribution in [0.15, 0.2) is 47.3 Å². The van der Waals surface area contributed by atoms with Gasteiger partial charge in [-0.05, 0) is 36.4 Å². The number of aryl methyl sites for hydroxylation is 1. The number of nitrogens with one attached hydrogen (secondary N) is 1. The van der Waals surface area contributed by atoms with Crippen LogP contribution in [0.1, 0.15) is 23.0 Å². The van der Waals surface area contributed by atoms with Gasteiger partial charge >= 0.3 is 0 Å². The number of carbonyl (C=O) groups excluding carboxylic acids is 1. The van der Waals surface area contributed by atoms with Gasteiger partial charge in [0.2, 0.25) is 5.43 Å². The van der Waals surface area contributed by atoms with Crippen molar-refractivity contribution in [3.63, 3.8) is 0 Å². The molecular weight excluding hydrogens is 397 g/mol. The van der Waals surface area contributed by atoms with E-state index < -0.39 is 11.3 Å². The molecule has 1 saturated heterocycles. The minimum atomic E-state index is -0.577. The van der Waals surface area contributed by atoms with E-state index in [1.807, 2.05) is 11.0 Å². The van der Waals surface area contributed by atoms with E-state index in [0.29, 0.717) is 22.2 Å². The van der Waals surface area contributed by atoms with Crippen LogP contribution in [0.4, 0.5) is 10.1 Å². The molecule has 0 unspecified atom stereocenters.